The van der Waals surface area contributed by atoms with Gasteiger partial charge in [-0.1, -0.05) is 0 Å². The lowest BCUT2D eigenvalue weighted by Crippen LogP contribution is -2.19. The Morgan fingerprint density at radius 1 is 1.80 bits per heavy atom. The first kappa shape index (κ1) is 7.01. The van der Waals surface area contributed by atoms with Gasteiger partial charge in [0.15, 0.2) is 0 Å². The monoisotopic (exact) mass is 142 g/mol. The van der Waals surface area contributed by atoms with Crippen molar-refractivity contribution in [3.8, 4) is 0 Å². The molecule has 1 aromatic heterocycles. The standard InChI is InChI=1S/C5H10N4O/c6-2-1-3-9-5(10)7-4-8-9/h4H,1-3,6H2,(H,7,8,10). The smallest absolute Gasteiger partial charge is 0.330 e. The zero-order valence-electron chi connectivity index (χ0n) is 5.58. The summed E-state index contributed by atoms with van der Waals surface area (Å²) < 4.78 is 1.35. The number of nitrogens with two attached hydrogens (primary N) is 1. The normalized spacial score (nSPS) is 10.1. The molecule has 1 heterocycles. The van der Waals surface area contributed by atoms with Crippen molar-refractivity contribution in [2.24, 2.45) is 5.73 Å². The van der Waals surface area contributed by atoms with E-state index in [1.807, 2.05) is 0 Å². The summed E-state index contributed by atoms with van der Waals surface area (Å²) in [6, 6.07) is 0. The Kier molecular flexibility index (Phi) is 2.22. The lowest BCUT2D eigenvalue weighted by atomic mass is 10.4. The summed E-state index contributed by atoms with van der Waals surface area (Å²) in [7, 11) is 0. The van der Waals surface area contributed by atoms with Crippen molar-refractivity contribution in [3.63, 3.8) is 0 Å². The molecule has 0 saturated carbocycles. The molecule has 0 unspecified atom stereocenters. The van der Waals surface area contributed by atoms with E-state index in [1.54, 1.807) is 0 Å². The van der Waals surface area contributed by atoms with Crippen LogP contribution in [0.2, 0.25) is 0 Å². The largest absolute Gasteiger partial charge is 0.343 e. The van der Waals surface area contributed by atoms with Crippen LogP contribution in [0.3, 0.4) is 0 Å². The van der Waals surface area contributed by atoms with Crippen LogP contribution in [-0.4, -0.2) is 21.3 Å². The molecule has 0 atom stereocenters. The highest BCUT2D eigenvalue weighted by atomic mass is 16.1. The molecule has 0 amide bonds. The first-order chi connectivity index (χ1) is 4.84. The Morgan fingerprint density at radius 2 is 2.60 bits per heavy atom. The van der Waals surface area contributed by atoms with Crippen LogP contribution in [0.4, 0.5) is 0 Å². The maximum atomic E-state index is 10.7. The lowest BCUT2D eigenvalue weighted by molar-refractivity contribution is 0.566. The second kappa shape index (κ2) is 3.17. The van der Waals surface area contributed by atoms with Gasteiger partial charge in [-0.2, -0.15) is 5.10 Å². The summed E-state index contributed by atoms with van der Waals surface area (Å²) in [4.78, 5) is 13.2. The van der Waals surface area contributed by atoms with E-state index < -0.39 is 0 Å². The number of H-pyrrole nitrogens is 1. The molecule has 0 radical (unpaired) electrons. The van der Waals surface area contributed by atoms with E-state index >= 15 is 0 Å². The van der Waals surface area contributed by atoms with E-state index in [1.165, 1.54) is 11.0 Å². The molecule has 1 rings (SSSR count). The number of aromatic amines is 1. The molecule has 0 saturated heterocycles. The molecular formula is C5H10N4O. The number of nitrogens with one attached hydrogen (secondary N) is 1. The number of aromatic nitrogens is 3. The molecule has 0 fully saturated rings. The SMILES string of the molecule is NCCCn1nc[nH]c1=O. The molecule has 10 heavy (non-hydrogen) atoms. The maximum absolute atomic E-state index is 10.7. The fraction of sp³-hybridized carbons (Fsp3) is 0.600. The lowest BCUT2D eigenvalue weighted by Gasteiger charge is -1.93. The zero-order valence-corrected chi connectivity index (χ0v) is 5.58. The summed E-state index contributed by atoms with van der Waals surface area (Å²) in [6.45, 7) is 1.18. The van der Waals surface area contributed by atoms with Crippen LogP contribution in [0.25, 0.3) is 0 Å². The molecule has 0 spiro atoms. The van der Waals surface area contributed by atoms with Gasteiger partial charge in [0.05, 0.1) is 0 Å². The average Bonchev–Trinajstić information content (AvgIpc) is 2.31. The van der Waals surface area contributed by atoms with Crippen LogP contribution < -0.4 is 11.4 Å². The first-order valence-electron chi connectivity index (χ1n) is 3.15. The van der Waals surface area contributed by atoms with Crippen LogP contribution >= 0.6 is 0 Å². The molecule has 0 aromatic carbocycles. The second-order valence-corrected chi connectivity index (χ2v) is 1.96. The topological polar surface area (TPSA) is 76.7 Å². The minimum Gasteiger partial charge on any atom is -0.330 e. The van der Waals surface area contributed by atoms with Gasteiger partial charge in [-0.3, -0.25) is 4.98 Å². The molecule has 0 aliphatic carbocycles. The third-order valence-corrected chi connectivity index (χ3v) is 1.19. The maximum Gasteiger partial charge on any atom is 0.343 e. The fourth-order valence-corrected chi connectivity index (χ4v) is 0.681. The van der Waals surface area contributed by atoms with E-state index in [0.29, 0.717) is 13.1 Å². The van der Waals surface area contributed by atoms with E-state index in [2.05, 4.69) is 10.1 Å². The highest BCUT2D eigenvalue weighted by molar-refractivity contribution is 4.59. The predicted octanol–water partition coefficient (Wildman–Crippen LogP) is -1.08. The molecule has 0 aliphatic rings. The van der Waals surface area contributed by atoms with E-state index in [0.717, 1.165) is 6.42 Å². The predicted molar refractivity (Wildman–Crippen MR) is 36.5 cm³/mol. The fourth-order valence-electron chi connectivity index (χ4n) is 0.681. The van der Waals surface area contributed by atoms with Crippen molar-refractivity contribution < 1.29 is 0 Å². The average molecular weight is 142 g/mol. The van der Waals surface area contributed by atoms with Gasteiger partial charge in [0.25, 0.3) is 0 Å². The van der Waals surface area contributed by atoms with Crippen LogP contribution in [-0.2, 0) is 6.54 Å². The number of hydrogen-bond acceptors (Lipinski definition) is 3. The molecule has 1 aromatic rings. The number of rotatable bonds is 3. The van der Waals surface area contributed by atoms with Gasteiger partial charge in [0.2, 0.25) is 0 Å². The van der Waals surface area contributed by atoms with Gasteiger partial charge in [0, 0.05) is 6.54 Å². The highest BCUT2D eigenvalue weighted by Gasteiger charge is 1.93. The molecular weight excluding hydrogens is 132 g/mol. The Labute approximate surface area is 57.9 Å². The van der Waals surface area contributed by atoms with Crippen molar-refractivity contribution in [3.05, 3.63) is 16.8 Å². The summed E-state index contributed by atoms with van der Waals surface area (Å²) in [5, 5.41) is 3.75. The molecule has 3 N–H and O–H groups in total. The van der Waals surface area contributed by atoms with Crippen molar-refractivity contribution >= 4 is 0 Å². The minimum absolute atomic E-state index is 0.173. The summed E-state index contributed by atoms with van der Waals surface area (Å²) in [5.74, 6) is 0. The van der Waals surface area contributed by atoms with Crippen LogP contribution in [0.5, 0.6) is 0 Å². The van der Waals surface area contributed by atoms with Gasteiger partial charge in [0.1, 0.15) is 6.33 Å². The molecule has 56 valence electrons. The van der Waals surface area contributed by atoms with Gasteiger partial charge in [-0.25, -0.2) is 9.48 Å². The van der Waals surface area contributed by atoms with Crippen molar-refractivity contribution in [1.29, 1.82) is 0 Å². The molecule has 0 aliphatic heterocycles. The Morgan fingerprint density at radius 3 is 3.10 bits per heavy atom. The Bertz CT molecular complexity index is 238. The van der Waals surface area contributed by atoms with Gasteiger partial charge < -0.3 is 5.73 Å². The third kappa shape index (κ3) is 1.44. The number of hydrogen-bond donors (Lipinski definition) is 2. The van der Waals surface area contributed by atoms with Crippen molar-refractivity contribution in [2.45, 2.75) is 13.0 Å². The highest BCUT2D eigenvalue weighted by Crippen LogP contribution is 1.77. The minimum atomic E-state index is -0.173. The number of nitrogens with zero attached hydrogens (tertiary/aromatic N) is 2. The van der Waals surface area contributed by atoms with E-state index in [9.17, 15) is 4.79 Å². The van der Waals surface area contributed by atoms with Gasteiger partial charge in [-0.05, 0) is 13.0 Å². The molecule has 5 heteroatoms. The molecule has 0 bridgehead atoms. The summed E-state index contributed by atoms with van der Waals surface area (Å²) in [6.07, 6.45) is 2.16. The van der Waals surface area contributed by atoms with Crippen LogP contribution in [0, 0.1) is 0 Å². The zero-order chi connectivity index (χ0) is 7.40. The van der Waals surface area contributed by atoms with Gasteiger partial charge in [-0.15, -0.1) is 0 Å². The van der Waals surface area contributed by atoms with Crippen LogP contribution in [0.15, 0.2) is 11.1 Å². The first-order valence-corrected chi connectivity index (χ1v) is 3.15. The van der Waals surface area contributed by atoms with Crippen LogP contribution in [0.1, 0.15) is 6.42 Å². The Hall–Kier alpha value is -1.10. The summed E-state index contributed by atoms with van der Waals surface area (Å²) >= 11 is 0. The Balaban J connectivity index is 2.57. The second-order valence-electron chi connectivity index (χ2n) is 1.96. The third-order valence-electron chi connectivity index (χ3n) is 1.19. The van der Waals surface area contributed by atoms with Crippen molar-refractivity contribution in [2.75, 3.05) is 6.54 Å². The quantitative estimate of drug-likeness (QED) is 0.563. The van der Waals surface area contributed by atoms with E-state index in [-0.39, 0.29) is 5.69 Å². The molecule has 5 nitrogen and oxygen atoms in total. The summed E-state index contributed by atoms with van der Waals surface area (Å²) in [5.41, 5.74) is 5.07. The van der Waals surface area contributed by atoms with Crippen molar-refractivity contribution in [1.82, 2.24) is 14.8 Å². The van der Waals surface area contributed by atoms with E-state index in [4.69, 9.17) is 5.73 Å². The van der Waals surface area contributed by atoms with Gasteiger partial charge >= 0.3 is 5.69 Å². The number of aryl methyl sites for hydroxylation is 1.